The number of hydrogen-bond donors (Lipinski definition) is 1. The van der Waals surface area contributed by atoms with Crippen LogP contribution in [-0.4, -0.2) is 31.8 Å². The maximum Gasteiger partial charge on any atom is 0.337 e. The Balaban J connectivity index is 1.83. The van der Waals surface area contributed by atoms with Crippen molar-refractivity contribution in [3.63, 3.8) is 0 Å². The van der Waals surface area contributed by atoms with Gasteiger partial charge in [0.05, 0.1) is 23.4 Å². The second-order valence-corrected chi connectivity index (χ2v) is 6.06. The van der Waals surface area contributed by atoms with E-state index in [1.165, 1.54) is 13.3 Å². The number of hydrogen-bond acceptors (Lipinski definition) is 5. The molecule has 2 aromatic rings. The van der Waals surface area contributed by atoms with E-state index < -0.39 is 11.9 Å². The maximum absolute atomic E-state index is 11.7. The normalized spacial score (nSPS) is 10.5. The first-order chi connectivity index (χ1) is 12.0. The topological polar surface area (TPSA) is 77.0 Å². The number of esters is 1. The summed E-state index contributed by atoms with van der Waals surface area (Å²) in [6.45, 7) is -0.196. The molecular formula is C17H14BrClN2O4. The van der Waals surface area contributed by atoms with Gasteiger partial charge < -0.3 is 9.47 Å². The van der Waals surface area contributed by atoms with Crippen molar-refractivity contribution in [3.8, 4) is 5.75 Å². The molecule has 0 aliphatic heterocycles. The van der Waals surface area contributed by atoms with Crippen LogP contribution in [0, 0.1) is 0 Å². The minimum Gasteiger partial charge on any atom is -0.483 e. The van der Waals surface area contributed by atoms with Gasteiger partial charge in [-0.2, -0.15) is 5.10 Å². The third-order valence-electron chi connectivity index (χ3n) is 2.99. The summed E-state index contributed by atoms with van der Waals surface area (Å²) in [6.07, 6.45) is 1.46. The maximum atomic E-state index is 11.7. The van der Waals surface area contributed by atoms with Crippen molar-refractivity contribution in [2.24, 2.45) is 5.10 Å². The second kappa shape index (κ2) is 9.19. The van der Waals surface area contributed by atoms with Crippen LogP contribution >= 0.6 is 27.5 Å². The van der Waals surface area contributed by atoms with Crippen molar-refractivity contribution in [3.05, 3.63) is 63.1 Å². The molecule has 0 spiro atoms. The molecular weight excluding hydrogens is 412 g/mol. The number of benzene rings is 2. The molecule has 0 atom stereocenters. The lowest BCUT2D eigenvalue weighted by molar-refractivity contribution is -0.123. The smallest absolute Gasteiger partial charge is 0.337 e. The van der Waals surface area contributed by atoms with Gasteiger partial charge in [0.2, 0.25) is 0 Å². The molecule has 6 nitrogen and oxygen atoms in total. The lowest BCUT2D eigenvalue weighted by atomic mass is 10.1. The van der Waals surface area contributed by atoms with Crippen molar-refractivity contribution in [1.29, 1.82) is 0 Å². The Hall–Kier alpha value is -2.38. The molecule has 0 fully saturated rings. The van der Waals surface area contributed by atoms with Gasteiger partial charge >= 0.3 is 5.97 Å². The summed E-state index contributed by atoms with van der Waals surface area (Å²) in [6, 6.07) is 11.6. The van der Waals surface area contributed by atoms with Crippen molar-refractivity contribution in [1.82, 2.24) is 5.43 Å². The SMILES string of the molecule is COC(=O)c1ccc(/C=N/NC(=O)COc2ccc(Cl)cc2Br)cc1. The van der Waals surface area contributed by atoms with Gasteiger partial charge in [0.15, 0.2) is 6.61 Å². The highest BCUT2D eigenvalue weighted by atomic mass is 79.9. The number of hydrazone groups is 1. The van der Waals surface area contributed by atoms with E-state index in [1.54, 1.807) is 42.5 Å². The number of amides is 1. The number of rotatable bonds is 6. The van der Waals surface area contributed by atoms with Crippen molar-refractivity contribution in [2.75, 3.05) is 13.7 Å². The summed E-state index contributed by atoms with van der Waals surface area (Å²) in [4.78, 5) is 23.0. The summed E-state index contributed by atoms with van der Waals surface area (Å²) >= 11 is 9.13. The molecule has 0 saturated carbocycles. The third kappa shape index (κ3) is 5.88. The summed E-state index contributed by atoms with van der Waals surface area (Å²) in [5, 5.41) is 4.39. The Bertz CT molecular complexity index is 794. The Labute approximate surface area is 157 Å². The fourth-order valence-corrected chi connectivity index (χ4v) is 2.57. The summed E-state index contributed by atoms with van der Waals surface area (Å²) in [5.74, 6) is -0.325. The standard InChI is InChI=1S/C17H14BrClN2O4/c1-24-17(23)12-4-2-11(3-5-12)9-20-21-16(22)10-25-15-7-6-13(19)8-14(15)18/h2-9H,10H2,1H3,(H,21,22)/b20-9+. The molecule has 0 saturated heterocycles. The molecule has 0 bridgehead atoms. The zero-order valence-corrected chi connectivity index (χ0v) is 15.5. The van der Waals surface area contributed by atoms with Crippen LogP contribution in [0.1, 0.15) is 15.9 Å². The van der Waals surface area contributed by atoms with E-state index in [-0.39, 0.29) is 6.61 Å². The van der Waals surface area contributed by atoms with Crippen LogP contribution in [-0.2, 0) is 9.53 Å². The monoisotopic (exact) mass is 424 g/mol. The van der Waals surface area contributed by atoms with Gasteiger partial charge in [-0.05, 0) is 51.8 Å². The molecule has 0 aliphatic rings. The van der Waals surface area contributed by atoms with Crippen LogP contribution in [0.15, 0.2) is 52.0 Å². The van der Waals surface area contributed by atoms with Gasteiger partial charge in [-0.15, -0.1) is 0 Å². The first-order valence-corrected chi connectivity index (χ1v) is 8.25. The number of ether oxygens (including phenoxy) is 2. The zero-order valence-electron chi connectivity index (χ0n) is 13.2. The van der Waals surface area contributed by atoms with Crippen LogP contribution in [0.25, 0.3) is 0 Å². The quantitative estimate of drug-likeness (QED) is 0.437. The molecule has 0 unspecified atom stereocenters. The second-order valence-electron chi connectivity index (χ2n) is 4.77. The predicted molar refractivity (Wildman–Crippen MR) is 98.2 cm³/mol. The zero-order chi connectivity index (χ0) is 18.2. The number of methoxy groups -OCH3 is 1. The lowest BCUT2D eigenvalue weighted by Gasteiger charge is -2.07. The van der Waals surface area contributed by atoms with Crippen molar-refractivity contribution >= 4 is 45.6 Å². The van der Waals surface area contributed by atoms with Gasteiger partial charge in [-0.1, -0.05) is 23.7 Å². The molecule has 2 aromatic carbocycles. The molecule has 130 valence electrons. The van der Waals surface area contributed by atoms with Crippen LogP contribution < -0.4 is 10.2 Å². The molecule has 0 aromatic heterocycles. The summed E-state index contributed by atoms with van der Waals surface area (Å²) in [5.41, 5.74) is 3.51. The van der Waals surface area contributed by atoms with Gasteiger partial charge in [0.1, 0.15) is 5.75 Å². The van der Waals surface area contributed by atoms with E-state index in [0.29, 0.717) is 26.4 Å². The van der Waals surface area contributed by atoms with Gasteiger partial charge in [-0.25, -0.2) is 10.2 Å². The van der Waals surface area contributed by atoms with E-state index in [0.717, 1.165) is 0 Å². The molecule has 2 rings (SSSR count). The number of nitrogens with one attached hydrogen (secondary N) is 1. The molecule has 8 heteroatoms. The van der Waals surface area contributed by atoms with E-state index >= 15 is 0 Å². The first kappa shape index (κ1) is 19.0. The largest absolute Gasteiger partial charge is 0.483 e. The van der Waals surface area contributed by atoms with Gasteiger partial charge in [0, 0.05) is 5.02 Å². The minimum atomic E-state index is -0.415. The van der Waals surface area contributed by atoms with Crippen LogP contribution in [0.4, 0.5) is 0 Å². The average molecular weight is 426 g/mol. The average Bonchev–Trinajstić information content (AvgIpc) is 2.61. The summed E-state index contributed by atoms with van der Waals surface area (Å²) < 4.78 is 10.6. The van der Waals surface area contributed by atoms with Crippen molar-refractivity contribution in [2.45, 2.75) is 0 Å². The Morgan fingerprint density at radius 2 is 1.96 bits per heavy atom. The van der Waals surface area contributed by atoms with Crippen LogP contribution in [0.3, 0.4) is 0 Å². The molecule has 0 radical (unpaired) electrons. The molecule has 0 aliphatic carbocycles. The number of halogens is 2. The predicted octanol–water partition coefficient (Wildman–Crippen LogP) is 3.42. The van der Waals surface area contributed by atoms with Gasteiger partial charge in [0.25, 0.3) is 5.91 Å². The van der Waals surface area contributed by atoms with E-state index in [4.69, 9.17) is 16.3 Å². The van der Waals surface area contributed by atoms with E-state index in [9.17, 15) is 9.59 Å². The molecule has 25 heavy (non-hydrogen) atoms. The Kier molecular flexibility index (Phi) is 6.97. The van der Waals surface area contributed by atoms with Crippen molar-refractivity contribution < 1.29 is 19.1 Å². The highest BCUT2D eigenvalue weighted by Crippen LogP contribution is 2.27. The fourth-order valence-electron chi connectivity index (χ4n) is 1.77. The van der Waals surface area contributed by atoms with Crippen LogP contribution in [0.5, 0.6) is 5.75 Å². The highest BCUT2D eigenvalue weighted by Gasteiger charge is 2.06. The lowest BCUT2D eigenvalue weighted by Crippen LogP contribution is -2.24. The van der Waals surface area contributed by atoms with Crippen LogP contribution in [0.2, 0.25) is 5.02 Å². The number of carbonyl (C=O) groups is 2. The molecule has 1 N–H and O–H groups in total. The molecule has 0 heterocycles. The number of carbonyl (C=O) groups excluding carboxylic acids is 2. The summed E-state index contributed by atoms with van der Waals surface area (Å²) in [7, 11) is 1.32. The Morgan fingerprint density at radius 3 is 2.60 bits per heavy atom. The number of nitrogens with zero attached hydrogens (tertiary/aromatic N) is 1. The first-order valence-electron chi connectivity index (χ1n) is 7.07. The van der Waals surface area contributed by atoms with E-state index in [1.807, 2.05) is 0 Å². The highest BCUT2D eigenvalue weighted by molar-refractivity contribution is 9.10. The van der Waals surface area contributed by atoms with Gasteiger partial charge in [-0.3, -0.25) is 4.79 Å². The minimum absolute atomic E-state index is 0.196. The fraction of sp³-hybridized carbons (Fsp3) is 0.118. The van der Waals surface area contributed by atoms with E-state index in [2.05, 4.69) is 31.2 Å². The Morgan fingerprint density at radius 1 is 1.24 bits per heavy atom. The third-order valence-corrected chi connectivity index (χ3v) is 3.84. The molecule has 1 amide bonds.